The minimum atomic E-state index is -4.75. The number of piperidine rings is 1. The number of pyridine rings is 2. The first kappa shape index (κ1) is 54.5. The molecule has 0 radical (unpaired) electrons. The number of methoxy groups -OCH3 is 2. The van der Waals surface area contributed by atoms with Crippen LogP contribution < -0.4 is 29.1 Å². The third-order valence-corrected chi connectivity index (χ3v) is 18.2. The Kier molecular flexibility index (Phi) is 15.4. The van der Waals surface area contributed by atoms with Gasteiger partial charge in [-0.2, -0.15) is 4.98 Å². The number of hydrogen-bond donors (Lipinski definition) is 4. The Morgan fingerprint density at radius 1 is 0.974 bits per heavy atom. The van der Waals surface area contributed by atoms with Crippen molar-refractivity contribution in [2.24, 2.45) is 11.3 Å². The highest BCUT2D eigenvalue weighted by atomic mass is 32.2. The lowest BCUT2D eigenvalue weighted by molar-refractivity contribution is -0.384. The molecule has 3 aromatic heterocycles. The van der Waals surface area contributed by atoms with Gasteiger partial charge >= 0.3 is 5.69 Å². The van der Waals surface area contributed by atoms with Crippen LogP contribution in [-0.2, 0) is 16.6 Å². The van der Waals surface area contributed by atoms with Gasteiger partial charge < -0.3 is 34.5 Å². The number of nitrogens with one attached hydrogen (secondary N) is 3. The van der Waals surface area contributed by atoms with Crippen molar-refractivity contribution in [2.75, 3.05) is 57.2 Å². The summed E-state index contributed by atoms with van der Waals surface area (Å²) in [5.74, 6) is -0.521. The van der Waals surface area contributed by atoms with Crippen molar-refractivity contribution >= 4 is 44.2 Å². The number of sulfonamides is 1. The second-order valence-electron chi connectivity index (χ2n) is 22.5. The van der Waals surface area contributed by atoms with Gasteiger partial charge in [0.05, 0.1) is 41.9 Å². The standard InChI is InChI=1S/C58H70FN9O9S/c1-36(2)44-9-7-8-10-45(44)50-35-66(34-39-11-14-42(75-5)15-12-39)37(3)33-67(50)41-28-58(29-41)21-23-65(24-22-58)40-13-16-46(51(25-40)77-52-27-47-48(59)32-62-53(47)63-56(52)76-6)55(69)64-78(73,74)43-26-49(68(71)72)54(61-31-43)60-30-38-17-19-57(4,70)20-18-38/h7-16,25-27,31-32,36-38,41,50,70H,17-24,28-30,33-35H2,1-6H3,(H,60,61)(H,62,63)(H,64,69)/t37-,38?,50+,57?/m1/s1. The third-order valence-electron chi connectivity index (χ3n) is 16.9. The van der Waals surface area contributed by atoms with Gasteiger partial charge in [0, 0.05) is 87.5 Å². The lowest BCUT2D eigenvalue weighted by Gasteiger charge is -2.59. The number of nitro groups is 1. The van der Waals surface area contributed by atoms with Gasteiger partial charge in [0.1, 0.15) is 27.9 Å². The summed E-state index contributed by atoms with van der Waals surface area (Å²) in [6.07, 6.45) is 8.77. The van der Waals surface area contributed by atoms with Crippen LogP contribution in [0.1, 0.15) is 118 Å². The lowest BCUT2D eigenvalue weighted by atomic mass is 9.59. The number of piperazine rings is 1. The highest BCUT2D eigenvalue weighted by molar-refractivity contribution is 7.90. The molecule has 2 aliphatic heterocycles. The molecule has 78 heavy (non-hydrogen) atoms. The Hall–Kier alpha value is -6.87. The van der Waals surface area contributed by atoms with Crippen molar-refractivity contribution in [3.8, 4) is 23.1 Å². The third kappa shape index (κ3) is 11.5. The van der Waals surface area contributed by atoms with Crippen molar-refractivity contribution in [3.63, 3.8) is 0 Å². The summed E-state index contributed by atoms with van der Waals surface area (Å²) < 4.78 is 62.2. The molecule has 4 fully saturated rings. The minimum Gasteiger partial charge on any atom is -0.497 e. The second kappa shape index (κ2) is 22.1. The van der Waals surface area contributed by atoms with Crippen LogP contribution >= 0.6 is 0 Å². The molecule has 0 bridgehead atoms. The largest absolute Gasteiger partial charge is 0.497 e. The number of aromatic nitrogens is 3. The van der Waals surface area contributed by atoms with Gasteiger partial charge in [0.25, 0.3) is 21.8 Å². The molecule has 1 amide bonds. The SMILES string of the molecule is COc1ccc(CN2C[C@@H](c3ccccc3C(C)C)N(C3CC4(CCN(c5ccc(C(=O)NS(=O)(=O)c6cnc(NCC7CCC(C)(O)CC7)c([N+](=O)[O-])c6)c(Oc6cc7c(F)c[nH]c7nc6OC)c5)CC4)C3)C[C@H]2C)cc1. The fraction of sp³-hybridized carbons (Fsp3) is 0.466. The number of ether oxygens (including phenoxy) is 3. The maximum absolute atomic E-state index is 14.9. The summed E-state index contributed by atoms with van der Waals surface area (Å²) in [5.41, 5.74) is 3.62. The van der Waals surface area contributed by atoms with Gasteiger partial charge in [-0.25, -0.2) is 22.5 Å². The Morgan fingerprint density at radius 2 is 1.71 bits per heavy atom. The predicted octanol–water partition coefficient (Wildman–Crippen LogP) is 10.1. The van der Waals surface area contributed by atoms with Crippen LogP contribution in [0.2, 0.25) is 0 Å². The molecular weight excluding hydrogens is 1020 g/mol. The monoisotopic (exact) mass is 1090 g/mol. The molecule has 10 rings (SSSR count). The maximum atomic E-state index is 14.9. The quantitative estimate of drug-likeness (QED) is 0.0493. The van der Waals surface area contributed by atoms with Crippen LogP contribution in [0.15, 0.2) is 96.2 Å². The average molecular weight is 1090 g/mol. The number of amides is 1. The number of carbonyl (C=O) groups excluding carboxylic acids is 1. The Balaban J connectivity index is 0.862. The zero-order valence-electron chi connectivity index (χ0n) is 45.1. The van der Waals surface area contributed by atoms with E-state index < -0.39 is 42.9 Å². The second-order valence-corrected chi connectivity index (χ2v) is 24.2. The molecule has 4 N–H and O–H groups in total. The van der Waals surface area contributed by atoms with Crippen molar-refractivity contribution in [3.05, 3.63) is 129 Å². The van der Waals surface area contributed by atoms with E-state index >= 15 is 0 Å². The van der Waals surface area contributed by atoms with E-state index in [9.17, 15) is 32.8 Å². The number of H-pyrrole nitrogens is 1. The van der Waals surface area contributed by atoms with Gasteiger partial charge in [-0.15, -0.1) is 0 Å². The van der Waals surface area contributed by atoms with E-state index in [1.807, 2.05) is 12.1 Å². The number of carbonyl (C=O) groups is 1. The van der Waals surface area contributed by atoms with Gasteiger partial charge in [0.2, 0.25) is 5.82 Å². The number of halogens is 1. The first-order chi connectivity index (χ1) is 37.3. The van der Waals surface area contributed by atoms with E-state index in [1.54, 1.807) is 26.2 Å². The molecule has 2 aliphatic carbocycles. The molecular formula is C58H70FN9O9S. The number of aliphatic hydroxyl groups is 1. The van der Waals surface area contributed by atoms with E-state index in [2.05, 4.69) is 96.9 Å². The summed E-state index contributed by atoms with van der Waals surface area (Å²) in [6.45, 7) is 13.2. The maximum Gasteiger partial charge on any atom is 0.312 e. The molecule has 5 heterocycles. The zero-order valence-corrected chi connectivity index (χ0v) is 45.9. The van der Waals surface area contributed by atoms with Gasteiger partial charge in [0.15, 0.2) is 5.75 Å². The van der Waals surface area contributed by atoms with E-state index in [0.717, 1.165) is 88.3 Å². The first-order valence-corrected chi connectivity index (χ1v) is 28.5. The number of benzene rings is 3. The van der Waals surface area contributed by atoms with Crippen LogP contribution in [0.4, 0.5) is 21.6 Å². The van der Waals surface area contributed by atoms with Crippen molar-refractivity contribution < 1.29 is 41.8 Å². The summed E-state index contributed by atoms with van der Waals surface area (Å²) in [4.78, 5) is 44.0. The fourth-order valence-corrected chi connectivity index (χ4v) is 13.1. The fourth-order valence-electron chi connectivity index (χ4n) is 12.2. The number of aromatic amines is 1. The molecule has 3 aromatic carbocycles. The van der Waals surface area contributed by atoms with Crippen LogP contribution in [0.3, 0.4) is 0 Å². The van der Waals surface area contributed by atoms with Gasteiger partial charge in [-0.3, -0.25) is 24.7 Å². The van der Waals surface area contributed by atoms with E-state index in [4.69, 9.17) is 14.2 Å². The number of fused-ring (bicyclic) bond motifs is 1. The van der Waals surface area contributed by atoms with Crippen LogP contribution in [-0.4, -0.2) is 114 Å². The minimum absolute atomic E-state index is 0.0152. The van der Waals surface area contributed by atoms with Crippen molar-refractivity contribution in [2.45, 2.75) is 120 Å². The summed E-state index contributed by atoms with van der Waals surface area (Å²) in [7, 11) is -1.68. The molecule has 6 aromatic rings. The van der Waals surface area contributed by atoms with E-state index in [0.29, 0.717) is 50.2 Å². The Morgan fingerprint density at radius 3 is 2.40 bits per heavy atom. The van der Waals surface area contributed by atoms with E-state index in [-0.39, 0.29) is 57.2 Å². The molecule has 2 saturated heterocycles. The number of hydrogen-bond acceptors (Lipinski definition) is 15. The van der Waals surface area contributed by atoms with Crippen molar-refractivity contribution in [1.82, 2.24) is 29.5 Å². The van der Waals surface area contributed by atoms with Crippen molar-refractivity contribution in [1.29, 1.82) is 0 Å². The highest BCUT2D eigenvalue weighted by Crippen LogP contribution is 2.54. The molecule has 1 spiro atoms. The summed E-state index contributed by atoms with van der Waals surface area (Å²) in [6, 6.07) is 25.5. The number of nitrogens with zero attached hydrogens (tertiary/aromatic N) is 6. The van der Waals surface area contributed by atoms with Gasteiger partial charge in [-0.05, 0) is 123 Å². The Labute approximate surface area is 454 Å². The molecule has 0 unspecified atom stereocenters. The molecule has 2 saturated carbocycles. The molecule has 2 atom stereocenters. The highest BCUT2D eigenvalue weighted by Gasteiger charge is 2.51. The van der Waals surface area contributed by atoms with Gasteiger partial charge in [-0.1, -0.05) is 50.2 Å². The first-order valence-electron chi connectivity index (χ1n) is 27.0. The lowest BCUT2D eigenvalue weighted by Crippen LogP contribution is -2.61. The summed E-state index contributed by atoms with van der Waals surface area (Å²) >= 11 is 0. The van der Waals surface area contributed by atoms with Crippen LogP contribution in [0, 0.1) is 27.3 Å². The molecule has 18 nitrogen and oxygen atoms in total. The topological polar surface area (TPSA) is 218 Å². The van der Waals surface area contributed by atoms with E-state index in [1.165, 1.54) is 35.9 Å². The predicted molar refractivity (Wildman–Crippen MR) is 295 cm³/mol. The van der Waals surface area contributed by atoms with Crippen LogP contribution in [0.5, 0.6) is 23.1 Å². The molecule has 20 heteroatoms. The number of rotatable bonds is 17. The van der Waals surface area contributed by atoms with Crippen LogP contribution in [0.25, 0.3) is 11.0 Å². The zero-order chi connectivity index (χ0) is 55.1. The summed E-state index contributed by atoms with van der Waals surface area (Å²) in [5, 5.41) is 25.7. The normalized spacial score (nSPS) is 22.1. The average Bonchev–Trinajstić information content (AvgIpc) is 3.90. The smallest absolute Gasteiger partial charge is 0.312 e. The molecule has 4 aliphatic rings. The number of anilines is 2. The Bertz CT molecular complexity index is 3270. The molecule has 414 valence electrons.